The van der Waals surface area contributed by atoms with Crippen LogP contribution in [-0.2, 0) is 10.0 Å². The Hall–Kier alpha value is -1.40. The number of amidine groups is 1. The fraction of sp³-hybridized carbons (Fsp3) is 0.533. The van der Waals surface area contributed by atoms with Crippen molar-refractivity contribution in [3.8, 4) is 0 Å². The predicted octanol–water partition coefficient (Wildman–Crippen LogP) is 1.77. The van der Waals surface area contributed by atoms with E-state index in [0.29, 0.717) is 30.3 Å². The highest BCUT2D eigenvalue weighted by Gasteiger charge is 2.30. The van der Waals surface area contributed by atoms with Crippen molar-refractivity contribution >= 4 is 15.9 Å². The number of nitrogens with zero attached hydrogens (tertiary/aromatic N) is 1. The van der Waals surface area contributed by atoms with Gasteiger partial charge in [-0.25, -0.2) is 8.42 Å². The van der Waals surface area contributed by atoms with E-state index in [-0.39, 0.29) is 17.4 Å². The molecular weight excluding hydrogens is 288 g/mol. The maximum atomic E-state index is 12.0. The van der Waals surface area contributed by atoms with E-state index in [1.165, 1.54) is 0 Å². The summed E-state index contributed by atoms with van der Waals surface area (Å²) in [5.41, 5.74) is 0.629. The molecule has 0 saturated carbocycles. The normalized spacial score (nSPS) is 19.5. The smallest absolute Gasteiger partial charge is 0.263 e. The van der Waals surface area contributed by atoms with Gasteiger partial charge in [0.05, 0.1) is 4.90 Å². The van der Waals surface area contributed by atoms with Crippen LogP contribution in [0.2, 0.25) is 0 Å². The number of aliphatic imine (C=N–C) groups is 1. The van der Waals surface area contributed by atoms with Crippen LogP contribution in [-0.4, -0.2) is 32.5 Å². The lowest BCUT2D eigenvalue weighted by Crippen LogP contribution is -2.23. The molecule has 1 aliphatic heterocycles. The molecule has 2 rings (SSSR count). The van der Waals surface area contributed by atoms with Crippen LogP contribution in [0, 0.1) is 11.8 Å². The Labute approximate surface area is 126 Å². The third-order valence-electron chi connectivity index (χ3n) is 3.51. The van der Waals surface area contributed by atoms with E-state index in [4.69, 9.17) is 5.11 Å². The second-order valence-corrected chi connectivity index (χ2v) is 7.45. The standard InChI is InChI=1S/C15H22N2O3S/c1-11(2)9-12(7-8-18)10-16-15-13-5-3-4-6-14(13)21(19,20)17-15/h3-6,11-12,18H,7-10H2,1-2H3,(H,16,17). The quantitative estimate of drug-likeness (QED) is 0.840. The van der Waals surface area contributed by atoms with Gasteiger partial charge in [-0.15, -0.1) is 0 Å². The summed E-state index contributed by atoms with van der Waals surface area (Å²) in [5, 5.41) is 9.12. The molecule has 6 heteroatoms. The fourth-order valence-electron chi connectivity index (χ4n) is 2.60. The summed E-state index contributed by atoms with van der Waals surface area (Å²) < 4.78 is 26.5. The highest BCUT2D eigenvalue weighted by Crippen LogP contribution is 2.23. The minimum atomic E-state index is -3.47. The summed E-state index contributed by atoms with van der Waals surface area (Å²) in [7, 11) is -3.47. The maximum absolute atomic E-state index is 12.0. The summed E-state index contributed by atoms with van der Waals surface area (Å²) in [6, 6.07) is 6.85. The summed E-state index contributed by atoms with van der Waals surface area (Å²) >= 11 is 0. The van der Waals surface area contributed by atoms with Crippen molar-refractivity contribution in [3.05, 3.63) is 29.8 Å². The van der Waals surface area contributed by atoms with Gasteiger partial charge < -0.3 is 5.11 Å². The molecule has 0 fully saturated rings. The zero-order valence-corrected chi connectivity index (χ0v) is 13.2. The van der Waals surface area contributed by atoms with E-state index in [1.54, 1.807) is 24.3 Å². The first-order valence-corrected chi connectivity index (χ1v) is 8.70. The van der Waals surface area contributed by atoms with Crippen LogP contribution in [0.15, 0.2) is 34.2 Å². The van der Waals surface area contributed by atoms with Crippen molar-refractivity contribution in [2.45, 2.75) is 31.6 Å². The van der Waals surface area contributed by atoms with Crippen molar-refractivity contribution < 1.29 is 13.5 Å². The second-order valence-electron chi connectivity index (χ2n) is 5.80. The van der Waals surface area contributed by atoms with Crippen molar-refractivity contribution in [2.75, 3.05) is 13.2 Å². The number of fused-ring (bicyclic) bond motifs is 1. The third-order valence-corrected chi connectivity index (χ3v) is 4.91. The molecule has 5 nitrogen and oxygen atoms in total. The zero-order chi connectivity index (χ0) is 15.5. The van der Waals surface area contributed by atoms with Crippen LogP contribution in [0.4, 0.5) is 0 Å². The third kappa shape index (κ3) is 3.83. The Balaban J connectivity index is 2.19. The first-order chi connectivity index (χ1) is 9.94. The Bertz CT molecular complexity index is 624. The van der Waals surface area contributed by atoms with Gasteiger partial charge in [-0.3, -0.25) is 9.71 Å². The van der Waals surface area contributed by atoms with Crippen molar-refractivity contribution in [3.63, 3.8) is 0 Å². The van der Waals surface area contributed by atoms with Crippen LogP contribution >= 0.6 is 0 Å². The molecule has 0 spiro atoms. The van der Waals surface area contributed by atoms with Gasteiger partial charge in [0.25, 0.3) is 10.0 Å². The Kier molecular flexibility index (Phi) is 5.00. The molecule has 0 bridgehead atoms. The van der Waals surface area contributed by atoms with E-state index in [2.05, 4.69) is 23.6 Å². The molecule has 2 N–H and O–H groups in total. The molecule has 0 amide bonds. The largest absolute Gasteiger partial charge is 0.396 e. The number of hydrogen-bond acceptors (Lipinski definition) is 4. The van der Waals surface area contributed by atoms with Crippen molar-refractivity contribution in [1.82, 2.24) is 4.72 Å². The first-order valence-electron chi connectivity index (χ1n) is 7.21. The summed E-state index contributed by atoms with van der Waals surface area (Å²) in [4.78, 5) is 4.73. The van der Waals surface area contributed by atoms with Gasteiger partial charge in [0.2, 0.25) is 0 Å². The fourth-order valence-corrected chi connectivity index (χ4v) is 3.86. The highest BCUT2D eigenvalue weighted by molar-refractivity contribution is 7.90. The molecule has 1 unspecified atom stereocenters. The Morgan fingerprint density at radius 2 is 2.00 bits per heavy atom. The predicted molar refractivity (Wildman–Crippen MR) is 82.8 cm³/mol. The molecule has 1 heterocycles. The van der Waals surface area contributed by atoms with Gasteiger partial charge in [-0.1, -0.05) is 26.0 Å². The molecule has 0 saturated heterocycles. The molecule has 1 aromatic carbocycles. The number of aliphatic hydroxyl groups excluding tert-OH is 1. The lowest BCUT2D eigenvalue weighted by Gasteiger charge is -2.16. The molecule has 0 aromatic heterocycles. The molecule has 0 aliphatic carbocycles. The number of rotatable bonds is 6. The van der Waals surface area contributed by atoms with Crippen LogP contribution in [0.25, 0.3) is 0 Å². The van der Waals surface area contributed by atoms with Gasteiger partial charge in [0.1, 0.15) is 5.84 Å². The number of nitrogens with one attached hydrogen (secondary N) is 1. The number of benzene rings is 1. The van der Waals surface area contributed by atoms with E-state index < -0.39 is 10.0 Å². The molecule has 1 aliphatic rings. The maximum Gasteiger partial charge on any atom is 0.263 e. The first kappa shape index (κ1) is 16.0. The lowest BCUT2D eigenvalue weighted by molar-refractivity contribution is 0.246. The SMILES string of the molecule is CC(C)CC(CCO)CN=C1NS(=O)(=O)c2ccccc21. The lowest BCUT2D eigenvalue weighted by atomic mass is 9.94. The minimum absolute atomic E-state index is 0.130. The molecule has 116 valence electrons. The Morgan fingerprint density at radius 1 is 1.29 bits per heavy atom. The van der Waals surface area contributed by atoms with Gasteiger partial charge in [-0.2, -0.15) is 0 Å². The van der Waals surface area contributed by atoms with Crippen LogP contribution in [0.5, 0.6) is 0 Å². The summed E-state index contributed by atoms with van der Waals surface area (Å²) in [6.45, 7) is 4.91. The number of aliphatic hydroxyl groups is 1. The zero-order valence-electron chi connectivity index (χ0n) is 12.4. The topological polar surface area (TPSA) is 78.8 Å². The summed E-state index contributed by atoms with van der Waals surface area (Å²) in [6.07, 6.45) is 1.65. The van der Waals surface area contributed by atoms with Gasteiger partial charge in [0, 0.05) is 18.7 Å². The van der Waals surface area contributed by atoms with E-state index in [9.17, 15) is 8.42 Å². The van der Waals surface area contributed by atoms with E-state index in [1.807, 2.05) is 0 Å². The van der Waals surface area contributed by atoms with Crippen LogP contribution < -0.4 is 4.72 Å². The number of hydrogen-bond donors (Lipinski definition) is 2. The molecular formula is C15H22N2O3S. The highest BCUT2D eigenvalue weighted by atomic mass is 32.2. The van der Waals surface area contributed by atoms with Gasteiger partial charge >= 0.3 is 0 Å². The number of sulfonamides is 1. The molecule has 1 atom stereocenters. The average Bonchev–Trinajstić information content (AvgIpc) is 2.68. The van der Waals surface area contributed by atoms with E-state index >= 15 is 0 Å². The van der Waals surface area contributed by atoms with Crippen LogP contribution in [0.1, 0.15) is 32.3 Å². The van der Waals surface area contributed by atoms with Gasteiger partial charge in [-0.05, 0) is 36.8 Å². The van der Waals surface area contributed by atoms with Crippen molar-refractivity contribution in [1.29, 1.82) is 0 Å². The molecule has 0 radical (unpaired) electrons. The molecule has 1 aromatic rings. The second kappa shape index (κ2) is 6.58. The molecule has 21 heavy (non-hydrogen) atoms. The van der Waals surface area contributed by atoms with Crippen molar-refractivity contribution in [2.24, 2.45) is 16.8 Å². The van der Waals surface area contributed by atoms with Crippen LogP contribution in [0.3, 0.4) is 0 Å². The Morgan fingerprint density at radius 3 is 2.67 bits per heavy atom. The monoisotopic (exact) mass is 310 g/mol. The van der Waals surface area contributed by atoms with Gasteiger partial charge in [0.15, 0.2) is 0 Å². The minimum Gasteiger partial charge on any atom is -0.396 e. The summed E-state index contributed by atoms with van der Waals surface area (Å²) in [5.74, 6) is 1.20. The average molecular weight is 310 g/mol. The van der Waals surface area contributed by atoms with E-state index in [0.717, 1.165) is 6.42 Å².